The first-order chi connectivity index (χ1) is 20.4. The molecule has 2 unspecified atom stereocenters. The van der Waals surface area contributed by atoms with Gasteiger partial charge in [0.25, 0.3) is 0 Å². The van der Waals surface area contributed by atoms with Crippen molar-refractivity contribution in [3.8, 4) is 0 Å². The van der Waals surface area contributed by atoms with Crippen LogP contribution in [0.25, 0.3) is 0 Å². The molecule has 0 bridgehead atoms. The molecule has 1 amide bonds. The summed E-state index contributed by atoms with van der Waals surface area (Å²) in [5.74, 6) is -0.403. The molecule has 0 saturated carbocycles. The van der Waals surface area contributed by atoms with Crippen LogP contribution < -0.4 is 5.73 Å². The molecule has 3 N–H and O–H groups in total. The van der Waals surface area contributed by atoms with Gasteiger partial charge in [0.1, 0.15) is 6.61 Å². The van der Waals surface area contributed by atoms with E-state index < -0.39 is 12.0 Å². The maximum absolute atomic E-state index is 13.0. The van der Waals surface area contributed by atoms with Gasteiger partial charge in [-0.15, -0.1) is 0 Å². The smallest absolute Gasteiger partial charge is 0.404 e. The average Bonchev–Trinajstić information content (AvgIpc) is 3.00. The second-order valence-corrected chi connectivity index (χ2v) is 10.4. The molecule has 1 aliphatic carbocycles. The van der Waals surface area contributed by atoms with Gasteiger partial charge in [-0.25, -0.2) is 4.79 Å². The highest BCUT2D eigenvalue weighted by molar-refractivity contribution is 5.97. The number of ether oxygens (including phenoxy) is 4. The van der Waals surface area contributed by atoms with Crippen molar-refractivity contribution in [1.29, 1.82) is 0 Å². The minimum atomic E-state index is -0.871. The second-order valence-electron chi connectivity index (χ2n) is 10.4. The molecule has 0 heterocycles. The van der Waals surface area contributed by atoms with Crippen molar-refractivity contribution in [2.24, 2.45) is 5.73 Å². The van der Waals surface area contributed by atoms with Crippen LogP contribution in [0.2, 0.25) is 1.41 Å². The van der Waals surface area contributed by atoms with Gasteiger partial charge in [-0.1, -0.05) is 24.3 Å². The number of rotatable bonds is 19. The van der Waals surface area contributed by atoms with Gasteiger partial charge in [-0.2, -0.15) is 0 Å². The summed E-state index contributed by atoms with van der Waals surface area (Å²) in [4.78, 5) is 37.9. The third-order valence-corrected chi connectivity index (χ3v) is 7.26. The van der Waals surface area contributed by atoms with Crippen molar-refractivity contribution >= 4 is 17.7 Å². The number of fused-ring (bicyclic) bond motifs is 2. The SMILES string of the molecule is [2H]NC(=O)OCC1c2cc(C(=O)CCCOCCCOC)ccc2Cc2ccc(C(=O)CCCOC(C)CCO)cc21. The van der Waals surface area contributed by atoms with E-state index in [4.69, 9.17) is 25.5 Å². The maximum atomic E-state index is 13.0. The quantitative estimate of drug-likeness (QED) is 0.185. The van der Waals surface area contributed by atoms with Crippen molar-refractivity contribution < 1.29 is 39.8 Å². The molecule has 2 aromatic carbocycles. The van der Waals surface area contributed by atoms with E-state index in [1.165, 1.54) is 0 Å². The van der Waals surface area contributed by atoms with E-state index in [1.54, 1.807) is 12.8 Å². The Hall–Kier alpha value is -3.11. The molecule has 2 atom stereocenters. The molecule has 1 aliphatic rings. The number of benzene rings is 2. The van der Waals surface area contributed by atoms with Crippen LogP contribution in [-0.2, 0) is 25.4 Å². The number of primary amides is 1. The Kier molecular flexibility index (Phi) is 12.8. The fourth-order valence-corrected chi connectivity index (χ4v) is 5.03. The van der Waals surface area contributed by atoms with Crippen molar-refractivity contribution in [1.82, 2.24) is 0 Å². The molecule has 9 heteroatoms. The minimum Gasteiger partial charge on any atom is -0.449 e. The zero-order valence-corrected chi connectivity index (χ0v) is 24.1. The fraction of sp³-hybridized carbons (Fsp3) is 0.531. The number of nitrogens with two attached hydrogens (primary N) is 1. The molecule has 0 spiro atoms. The summed E-state index contributed by atoms with van der Waals surface area (Å²) in [6.07, 6.45) is 2.90. The number of aliphatic hydroxyl groups excluding tert-OH is 1. The predicted octanol–water partition coefficient (Wildman–Crippen LogP) is 4.58. The Balaban J connectivity index is 1.73. The lowest BCUT2D eigenvalue weighted by Gasteiger charge is -2.29. The molecule has 9 nitrogen and oxygen atoms in total. The number of methoxy groups -OCH3 is 1. The zero-order chi connectivity index (χ0) is 30.3. The molecular formula is C32H43NO8. The minimum absolute atomic E-state index is 0.00659. The van der Waals surface area contributed by atoms with Gasteiger partial charge in [0.05, 0.1) is 6.10 Å². The van der Waals surface area contributed by atoms with Gasteiger partial charge in [0.2, 0.25) is 0 Å². The van der Waals surface area contributed by atoms with Crippen molar-refractivity contribution in [2.45, 2.75) is 63.9 Å². The van der Waals surface area contributed by atoms with Crippen molar-refractivity contribution in [2.75, 3.05) is 46.8 Å². The summed E-state index contributed by atoms with van der Waals surface area (Å²) in [7, 11) is 1.65. The van der Waals surface area contributed by atoms with E-state index in [-0.39, 0.29) is 30.9 Å². The predicted molar refractivity (Wildman–Crippen MR) is 155 cm³/mol. The van der Waals surface area contributed by atoms with Crippen LogP contribution in [0, 0.1) is 0 Å². The van der Waals surface area contributed by atoms with Gasteiger partial charge < -0.3 is 29.8 Å². The third kappa shape index (κ3) is 10.0. The molecule has 41 heavy (non-hydrogen) atoms. The Morgan fingerprint density at radius 2 is 1.56 bits per heavy atom. The van der Waals surface area contributed by atoms with Crippen LogP contribution in [0.3, 0.4) is 0 Å². The first-order valence-corrected chi connectivity index (χ1v) is 14.3. The van der Waals surface area contributed by atoms with Crippen LogP contribution >= 0.6 is 0 Å². The molecule has 2 aromatic rings. The largest absolute Gasteiger partial charge is 0.449 e. The molecule has 3 rings (SSSR count). The van der Waals surface area contributed by atoms with E-state index in [2.05, 4.69) is 0 Å². The first-order valence-electron chi connectivity index (χ1n) is 14.8. The number of hydrogen-bond donors (Lipinski definition) is 2. The van der Waals surface area contributed by atoms with Crippen LogP contribution in [-0.4, -0.2) is 75.6 Å². The Morgan fingerprint density at radius 3 is 2.15 bits per heavy atom. The summed E-state index contributed by atoms with van der Waals surface area (Å²) in [6, 6.07) is 11.3. The van der Waals surface area contributed by atoms with Crippen LogP contribution in [0.4, 0.5) is 4.79 Å². The molecule has 0 radical (unpaired) electrons. The lowest BCUT2D eigenvalue weighted by molar-refractivity contribution is 0.0451. The normalized spacial score (nSPS) is 14.9. The first kappa shape index (κ1) is 30.8. The Morgan fingerprint density at radius 1 is 0.951 bits per heavy atom. The standard InChI is InChI=1S/C32H43NO8/c1-22(12-13-34)40-17-4-7-31(36)26-11-9-24-18-23-8-10-25(30(35)6-3-15-39-16-5-14-38-2)19-27(23)29(28(24)20-26)21-41-32(33)37/h8-11,19-20,22,29,34H,3-7,12-18,21H2,1-2H3,(H2,33,37)/i/hD. The van der Waals surface area contributed by atoms with Crippen LogP contribution in [0.15, 0.2) is 36.4 Å². The van der Waals surface area contributed by atoms with E-state index in [0.717, 1.165) is 28.7 Å². The van der Waals surface area contributed by atoms with Crippen molar-refractivity contribution in [3.63, 3.8) is 0 Å². The summed E-state index contributed by atoms with van der Waals surface area (Å²) in [6.45, 7) is 4.08. The molecule has 224 valence electrons. The number of carbonyl (C=O) groups is 3. The second kappa shape index (κ2) is 17.0. The third-order valence-electron chi connectivity index (χ3n) is 7.26. The zero-order valence-electron chi connectivity index (χ0n) is 25.1. The highest BCUT2D eigenvalue weighted by Gasteiger charge is 2.28. The number of Topliss-reactive ketones (excluding diaryl/α,β-unsaturated/α-hetero) is 2. The Labute approximate surface area is 243 Å². The van der Waals surface area contributed by atoms with E-state index >= 15 is 0 Å². The molecule has 0 saturated heterocycles. The summed E-state index contributed by atoms with van der Waals surface area (Å²) >= 11 is 0. The Bertz CT molecular complexity index is 1190. The maximum Gasteiger partial charge on any atom is 0.404 e. The summed E-state index contributed by atoms with van der Waals surface area (Å²) in [5, 5.41) is 9.01. The highest BCUT2D eigenvalue weighted by Crippen LogP contribution is 2.38. The number of hydrogen-bond acceptors (Lipinski definition) is 8. The van der Waals surface area contributed by atoms with Gasteiger partial charge in [-0.05, 0) is 73.4 Å². The fourth-order valence-electron chi connectivity index (χ4n) is 5.03. The van der Waals surface area contributed by atoms with E-state index in [1.807, 2.05) is 43.3 Å². The van der Waals surface area contributed by atoms with Gasteiger partial charge >= 0.3 is 6.09 Å². The summed E-state index contributed by atoms with van der Waals surface area (Å²) < 4.78 is 28.6. The van der Waals surface area contributed by atoms with Crippen LogP contribution in [0.5, 0.6) is 0 Å². The van der Waals surface area contributed by atoms with Crippen LogP contribution in [0.1, 0.15) is 94.3 Å². The molecule has 0 aromatic heterocycles. The van der Waals surface area contributed by atoms with E-state index in [9.17, 15) is 14.4 Å². The monoisotopic (exact) mass is 570 g/mol. The topological polar surface area (TPSA) is 134 Å². The van der Waals surface area contributed by atoms with E-state index in [0.29, 0.717) is 76.1 Å². The highest BCUT2D eigenvalue weighted by atomic mass is 16.5. The lowest BCUT2D eigenvalue weighted by Crippen LogP contribution is -2.23. The van der Waals surface area contributed by atoms with Gasteiger partial charge in [0.15, 0.2) is 13.0 Å². The summed E-state index contributed by atoms with van der Waals surface area (Å²) in [5.41, 5.74) is 6.66. The van der Waals surface area contributed by atoms with Crippen molar-refractivity contribution in [3.05, 3.63) is 69.8 Å². The average molecular weight is 571 g/mol. The molecular weight excluding hydrogens is 526 g/mol. The van der Waals surface area contributed by atoms with Gasteiger partial charge in [-0.3, -0.25) is 9.59 Å². The number of ketones is 2. The number of amides is 1. The number of aliphatic hydroxyl groups is 1. The van der Waals surface area contributed by atoms with Gasteiger partial charge in [0, 0.05) is 70.0 Å². The lowest BCUT2D eigenvalue weighted by atomic mass is 9.76. The molecule has 0 fully saturated rings. The molecule has 0 aliphatic heterocycles. The number of carbonyl (C=O) groups excluding carboxylic acids is 3.